The van der Waals surface area contributed by atoms with Crippen LogP contribution in [0.15, 0.2) is 108 Å². The van der Waals surface area contributed by atoms with Gasteiger partial charge in [-0.05, 0) is 97.1 Å². The molecular weight excluding hydrogens is 845 g/mol. The van der Waals surface area contributed by atoms with Crippen LogP contribution in [0.25, 0.3) is 22.5 Å². The summed E-state index contributed by atoms with van der Waals surface area (Å²) in [6, 6.07) is 29.0. The number of carboxylic acid groups (broad SMARTS) is 1. The van der Waals surface area contributed by atoms with Crippen molar-refractivity contribution in [3.8, 4) is 45.5 Å². The van der Waals surface area contributed by atoms with Crippen molar-refractivity contribution < 1.29 is 43.1 Å². The molecule has 15 nitrogen and oxygen atoms in total. The van der Waals surface area contributed by atoms with Crippen LogP contribution in [-0.2, 0) is 9.47 Å². The molecule has 4 aromatic carbocycles. The van der Waals surface area contributed by atoms with Crippen molar-refractivity contribution in [1.29, 1.82) is 0 Å². The Morgan fingerprint density at radius 1 is 0.635 bits per heavy atom. The fourth-order valence-electron chi connectivity index (χ4n) is 6.21. The first kappa shape index (κ1) is 46.4. The predicted octanol–water partition coefficient (Wildman–Crippen LogP) is 7.28. The SMILES string of the molecule is COc1ccc(-c2csc(N)n2)cc1.COc1ccc(-c2csc(NC(=O)c3ccc(OCCN4CCOCC4)cc3)n2)cc1.O=C(O)c1ccc(OCCN2CCOCC2)cc1. The van der Waals surface area contributed by atoms with E-state index in [2.05, 4.69) is 25.1 Å². The van der Waals surface area contributed by atoms with Crippen LogP contribution in [0.2, 0.25) is 0 Å². The van der Waals surface area contributed by atoms with Gasteiger partial charge in [-0.3, -0.25) is 19.9 Å². The molecule has 63 heavy (non-hydrogen) atoms. The van der Waals surface area contributed by atoms with Crippen LogP contribution in [0.4, 0.5) is 10.3 Å². The van der Waals surface area contributed by atoms with Gasteiger partial charge >= 0.3 is 5.97 Å². The highest BCUT2D eigenvalue weighted by Crippen LogP contribution is 2.27. The van der Waals surface area contributed by atoms with Crippen molar-refractivity contribution >= 4 is 44.8 Å². The summed E-state index contributed by atoms with van der Waals surface area (Å²) < 4.78 is 32.2. The van der Waals surface area contributed by atoms with Gasteiger partial charge in [0, 0.05) is 66.7 Å². The normalized spacial score (nSPS) is 13.9. The zero-order valence-corrected chi connectivity index (χ0v) is 36.9. The van der Waals surface area contributed by atoms with Crippen LogP contribution >= 0.6 is 22.7 Å². The number of nitrogens with two attached hydrogens (primary N) is 1. The minimum Gasteiger partial charge on any atom is -0.497 e. The first-order valence-corrected chi connectivity index (χ1v) is 22.1. The van der Waals surface area contributed by atoms with Crippen LogP contribution in [0.3, 0.4) is 0 Å². The molecule has 2 saturated heterocycles. The fraction of sp³-hybridized carbons (Fsp3) is 0.304. The summed E-state index contributed by atoms with van der Waals surface area (Å²) in [7, 11) is 3.28. The Labute approximate surface area is 374 Å². The van der Waals surface area contributed by atoms with Crippen molar-refractivity contribution in [3.05, 3.63) is 119 Å². The van der Waals surface area contributed by atoms with Gasteiger partial charge in [-0.25, -0.2) is 14.8 Å². The molecule has 8 rings (SSSR count). The number of hydrogen-bond acceptors (Lipinski definition) is 15. The number of aromatic nitrogens is 2. The van der Waals surface area contributed by atoms with Gasteiger partial charge in [0.15, 0.2) is 10.3 Å². The quantitative estimate of drug-likeness (QED) is 0.0936. The largest absolute Gasteiger partial charge is 0.497 e. The van der Waals surface area contributed by atoms with Crippen molar-refractivity contribution in [2.75, 3.05) is 104 Å². The number of rotatable bonds is 15. The second-order valence-corrected chi connectivity index (χ2v) is 15.7. The van der Waals surface area contributed by atoms with E-state index in [1.54, 1.807) is 50.6 Å². The number of morpholine rings is 2. The lowest BCUT2D eigenvalue weighted by Gasteiger charge is -2.26. The number of amides is 1. The van der Waals surface area contributed by atoms with E-state index in [0.717, 1.165) is 105 Å². The summed E-state index contributed by atoms with van der Waals surface area (Å²) in [5.74, 6) is 1.97. The lowest BCUT2D eigenvalue weighted by atomic mass is 10.2. The summed E-state index contributed by atoms with van der Waals surface area (Å²) in [5.41, 5.74) is 10.1. The Morgan fingerprint density at radius 2 is 1.06 bits per heavy atom. The van der Waals surface area contributed by atoms with Gasteiger partial charge in [0.1, 0.15) is 36.2 Å². The molecule has 0 aliphatic carbocycles. The highest BCUT2D eigenvalue weighted by molar-refractivity contribution is 7.14. The van der Waals surface area contributed by atoms with Gasteiger partial charge in [0.25, 0.3) is 5.91 Å². The molecule has 4 N–H and O–H groups in total. The van der Waals surface area contributed by atoms with E-state index in [-0.39, 0.29) is 11.5 Å². The number of methoxy groups -OCH3 is 2. The van der Waals surface area contributed by atoms with E-state index in [9.17, 15) is 9.59 Å². The first-order chi connectivity index (χ1) is 30.8. The molecule has 0 radical (unpaired) electrons. The molecule has 2 aromatic heterocycles. The number of aromatic carboxylic acids is 1. The molecule has 0 atom stereocenters. The lowest BCUT2D eigenvalue weighted by Crippen LogP contribution is -2.38. The maximum Gasteiger partial charge on any atom is 0.335 e. The molecule has 1 amide bonds. The Balaban J connectivity index is 0.000000174. The second-order valence-electron chi connectivity index (χ2n) is 14.0. The third kappa shape index (κ3) is 15.1. The molecular formula is C46H52N6O9S2. The Kier molecular flexibility index (Phi) is 18.1. The Bertz CT molecular complexity index is 2280. The summed E-state index contributed by atoms with van der Waals surface area (Å²) in [4.78, 5) is 36.5. The van der Waals surface area contributed by atoms with E-state index in [0.29, 0.717) is 34.8 Å². The number of nitrogens with one attached hydrogen (secondary N) is 1. The Morgan fingerprint density at radius 3 is 1.49 bits per heavy atom. The standard InChI is InChI=1S/C23H25N3O4S.C13H17NO4.C10H10N2OS/c1-28-19-6-2-17(3-7-19)21-16-31-23(24-21)25-22(27)18-4-8-20(9-5-18)30-15-12-26-10-13-29-14-11-26;15-13(16)11-1-3-12(4-2-11)18-10-7-14-5-8-17-9-6-14;1-13-8-4-2-7(3-5-8)9-6-14-10(11)12-9/h2-9,16H,10-15H2,1H3,(H,24,25,27);1-4H,5-10H2,(H,15,16);2-6H,1H3,(H2,11,12). The summed E-state index contributed by atoms with van der Waals surface area (Å²) in [6.07, 6.45) is 0. The number of ether oxygens (including phenoxy) is 6. The van der Waals surface area contributed by atoms with Gasteiger partial charge in [0.2, 0.25) is 0 Å². The number of carbonyl (C=O) groups is 2. The molecule has 332 valence electrons. The number of hydrogen-bond donors (Lipinski definition) is 3. The van der Waals surface area contributed by atoms with E-state index in [1.807, 2.05) is 71.4 Å². The van der Waals surface area contributed by atoms with Gasteiger partial charge in [-0.15, -0.1) is 22.7 Å². The monoisotopic (exact) mass is 896 g/mol. The van der Waals surface area contributed by atoms with E-state index >= 15 is 0 Å². The lowest BCUT2D eigenvalue weighted by molar-refractivity contribution is 0.0321. The van der Waals surface area contributed by atoms with Crippen molar-refractivity contribution in [2.24, 2.45) is 0 Å². The highest BCUT2D eigenvalue weighted by atomic mass is 32.1. The van der Waals surface area contributed by atoms with Gasteiger partial charge in [0.05, 0.1) is 57.6 Å². The minimum atomic E-state index is -0.921. The van der Waals surface area contributed by atoms with Crippen LogP contribution < -0.4 is 30.0 Å². The summed E-state index contributed by atoms with van der Waals surface area (Å²) in [6.45, 7) is 9.86. The molecule has 17 heteroatoms. The van der Waals surface area contributed by atoms with Crippen LogP contribution in [0.5, 0.6) is 23.0 Å². The number of anilines is 2. The molecule has 2 aliphatic rings. The molecule has 0 spiro atoms. The van der Waals surface area contributed by atoms with Crippen LogP contribution in [-0.4, -0.2) is 130 Å². The number of carboxylic acids is 1. The number of thiazole rings is 2. The highest BCUT2D eigenvalue weighted by Gasteiger charge is 2.13. The molecule has 0 saturated carbocycles. The van der Waals surface area contributed by atoms with Gasteiger partial charge < -0.3 is 39.3 Å². The predicted molar refractivity (Wildman–Crippen MR) is 246 cm³/mol. The topological polar surface area (TPSA) is 180 Å². The first-order valence-electron chi connectivity index (χ1n) is 20.3. The maximum atomic E-state index is 12.6. The molecule has 2 aliphatic heterocycles. The van der Waals surface area contributed by atoms with Gasteiger partial charge in [-0.2, -0.15) is 0 Å². The van der Waals surface area contributed by atoms with E-state index in [1.165, 1.54) is 22.7 Å². The smallest absolute Gasteiger partial charge is 0.335 e. The van der Waals surface area contributed by atoms with Crippen molar-refractivity contribution in [1.82, 2.24) is 19.8 Å². The molecule has 2 fully saturated rings. The van der Waals surface area contributed by atoms with Gasteiger partial charge in [-0.1, -0.05) is 0 Å². The van der Waals surface area contributed by atoms with E-state index < -0.39 is 5.97 Å². The van der Waals surface area contributed by atoms with Crippen LogP contribution in [0, 0.1) is 0 Å². The second kappa shape index (κ2) is 24.5. The Hall–Kier alpha value is -6.08. The van der Waals surface area contributed by atoms with Crippen molar-refractivity contribution in [2.45, 2.75) is 0 Å². The summed E-state index contributed by atoms with van der Waals surface area (Å²) in [5, 5.41) is 16.6. The fourth-order valence-corrected chi connectivity index (χ4v) is 7.49. The molecule has 6 aromatic rings. The molecule has 4 heterocycles. The zero-order chi connectivity index (χ0) is 44.2. The third-order valence-corrected chi connectivity index (χ3v) is 11.2. The third-order valence-electron chi connectivity index (χ3n) is 9.80. The molecule has 0 unspecified atom stereocenters. The van der Waals surface area contributed by atoms with Crippen molar-refractivity contribution in [3.63, 3.8) is 0 Å². The molecule has 0 bridgehead atoms. The number of benzene rings is 4. The average Bonchev–Trinajstić information content (AvgIpc) is 3.99. The number of nitrogen functional groups attached to an aromatic ring is 1. The van der Waals surface area contributed by atoms with E-state index in [4.69, 9.17) is 39.3 Å². The zero-order valence-electron chi connectivity index (χ0n) is 35.3. The number of nitrogens with zero attached hydrogens (tertiary/aromatic N) is 4. The number of carbonyl (C=O) groups excluding carboxylic acids is 1. The maximum absolute atomic E-state index is 12.6. The van der Waals surface area contributed by atoms with Crippen LogP contribution in [0.1, 0.15) is 20.7 Å². The average molecular weight is 897 g/mol. The summed E-state index contributed by atoms with van der Waals surface area (Å²) >= 11 is 2.84. The minimum absolute atomic E-state index is 0.199.